The summed E-state index contributed by atoms with van der Waals surface area (Å²) in [4.78, 5) is 16.9. The minimum atomic E-state index is -0.000533. The second kappa shape index (κ2) is 7.58. The van der Waals surface area contributed by atoms with Gasteiger partial charge in [0.2, 0.25) is 0 Å². The molecule has 132 valence electrons. The molecule has 4 rings (SSSR count). The third kappa shape index (κ3) is 3.70. The molecule has 0 aromatic heterocycles. The van der Waals surface area contributed by atoms with Gasteiger partial charge in [0.1, 0.15) is 0 Å². The van der Waals surface area contributed by atoms with Crippen molar-refractivity contribution in [1.29, 1.82) is 0 Å². The van der Waals surface area contributed by atoms with Crippen LogP contribution in [0.5, 0.6) is 0 Å². The lowest BCUT2D eigenvalue weighted by atomic mass is 10.1. The molecule has 0 saturated carbocycles. The van der Waals surface area contributed by atoms with Crippen LogP contribution in [0.4, 0.5) is 5.69 Å². The van der Waals surface area contributed by atoms with Crippen LogP contribution in [0.3, 0.4) is 0 Å². The average Bonchev–Trinajstić information content (AvgIpc) is 2.99. The maximum Gasteiger partial charge on any atom is 0.257 e. The minimum Gasteiger partial charge on any atom is -0.374 e. The van der Waals surface area contributed by atoms with Gasteiger partial charge in [-0.2, -0.15) is 0 Å². The highest BCUT2D eigenvalue weighted by molar-refractivity contribution is 6.31. The van der Waals surface area contributed by atoms with Crippen molar-refractivity contribution in [2.75, 3.05) is 38.0 Å². The average molecular weight is 345 g/mol. The van der Waals surface area contributed by atoms with Gasteiger partial charge >= 0.3 is 0 Å². The summed E-state index contributed by atoms with van der Waals surface area (Å²) in [6, 6.07) is 18.3. The fourth-order valence-corrected chi connectivity index (χ4v) is 3.43. The lowest BCUT2D eigenvalue weighted by molar-refractivity contribution is -0.110. The lowest BCUT2D eigenvalue weighted by Crippen LogP contribution is -2.44. The molecular formula is C22H23N3O. The molecule has 0 unspecified atom stereocenters. The Bertz CT molecular complexity index is 833. The zero-order valence-corrected chi connectivity index (χ0v) is 14.8. The summed E-state index contributed by atoms with van der Waals surface area (Å²) >= 11 is 0. The van der Waals surface area contributed by atoms with E-state index < -0.39 is 0 Å². The number of nitrogens with zero attached hydrogens (tertiary/aromatic N) is 2. The number of carbonyl (C=O) groups is 1. The second-order valence-electron chi connectivity index (χ2n) is 6.69. The maximum absolute atomic E-state index is 12.2. The van der Waals surface area contributed by atoms with Crippen LogP contribution in [0.15, 0.2) is 66.9 Å². The quantitative estimate of drug-likeness (QED) is 0.864. The second-order valence-corrected chi connectivity index (χ2v) is 6.69. The highest BCUT2D eigenvalue weighted by atomic mass is 16.2. The van der Waals surface area contributed by atoms with Crippen LogP contribution in [0, 0.1) is 0 Å². The molecule has 0 aliphatic carbocycles. The Kier molecular flexibility index (Phi) is 4.84. The lowest BCUT2D eigenvalue weighted by Gasteiger charge is -2.33. The molecule has 2 aliphatic heterocycles. The van der Waals surface area contributed by atoms with E-state index in [1.807, 2.05) is 36.5 Å². The number of amides is 1. The number of carbonyl (C=O) groups excluding carboxylic acids is 1. The summed E-state index contributed by atoms with van der Waals surface area (Å²) in [5.74, 6) is -0.000533. The van der Waals surface area contributed by atoms with Crippen LogP contribution < -0.4 is 5.32 Å². The number of rotatable bonds is 4. The largest absolute Gasteiger partial charge is 0.374 e. The van der Waals surface area contributed by atoms with Crippen LogP contribution in [-0.4, -0.2) is 48.4 Å². The standard InChI is InChI=1S/C22H23N3O/c26-22-20(19-10-4-5-11-21(19)23-22)17-25-15-13-24(14-16-25)12-6-9-18-7-2-1-3-8-18/h1-11,17H,12-16H2,(H,23,26)/b9-6+,20-17+. The molecular weight excluding hydrogens is 322 g/mol. The Hall–Kier alpha value is -2.85. The summed E-state index contributed by atoms with van der Waals surface area (Å²) in [5, 5.41) is 2.94. The highest BCUT2D eigenvalue weighted by Gasteiger charge is 2.25. The molecule has 0 spiro atoms. The predicted octanol–water partition coefficient (Wildman–Crippen LogP) is 3.31. The first-order chi connectivity index (χ1) is 12.8. The molecule has 2 aromatic carbocycles. The maximum atomic E-state index is 12.2. The van der Waals surface area contributed by atoms with E-state index in [1.54, 1.807) is 0 Å². The number of anilines is 1. The van der Waals surface area contributed by atoms with E-state index in [4.69, 9.17) is 0 Å². The van der Waals surface area contributed by atoms with Crippen LogP contribution in [0.25, 0.3) is 11.6 Å². The van der Waals surface area contributed by atoms with E-state index >= 15 is 0 Å². The Balaban J connectivity index is 1.33. The molecule has 4 heteroatoms. The topological polar surface area (TPSA) is 35.6 Å². The Morgan fingerprint density at radius 2 is 1.65 bits per heavy atom. The van der Waals surface area contributed by atoms with Gasteiger partial charge in [-0.05, 0) is 11.6 Å². The number of para-hydroxylation sites is 1. The first-order valence-corrected chi connectivity index (χ1v) is 9.10. The Morgan fingerprint density at radius 3 is 2.46 bits per heavy atom. The SMILES string of the molecule is O=C1Nc2ccccc2/C1=C\N1CCN(C/C=C/c2ccccc2)CC1. The van der Waals surface area contributed by atoms with Gasteiger partial charge in [-0.25, -0.2) is 0 Å². The van der Waals surface area contributed by atoms with Gasteiger partial charge in [0, 0.05) is 50.2 Å². The van der Waals surface area contributed by atoms with Crippen LogP contribution in [0.1, 0.15) is 11.1 Å². The van der Waals surface area contributed by atoms with Crippen LogP contribution in [0.2, 0.25) is 0 Å². The van der Waals surface area contributed by atoms with Crippen molar-refractivity contribution in [1.82, 2.24) is 9.80 Å². The van der Waals surface area contributed by atoms with Crippen molar-refractivity contribution >= 4 is 23.2 Å². The van der Waals surface area contributed by atoms with Crippen molar-refractivity contribution in [3.05, 3.63) is 78.0 Å². The van der Waals surface area contributed by atoms with Crippen molar-refractivity contribution < 1.29 is 4.79 Å². The van der Waals surface area contributed by atoms with Crippen molar-refractivity contribution in [2.24, 2.45) is 0 Å². The molecule has 1 N–H and O–H groups in total. The third-order valence-corrected chi connectivity index (χ3v) is 4.90. The zero-order valence-electron chi connectivity index (χ0n) is 14.8. The summed E-state index contributed by atoms with van der Waals surface area (Å²) in [6.45, 7) is 4.86. The summed E-state index contributed by atoms with van der Waals surface area (Å²) in [6.07, 6.45) is 6.43. The van der Waals surface area contributed by atoms with Gasteiger partial charge in [0.25, 0.3) is 5.91 Å². The van der Waals surface area contributed by atoms with Crippen LogP contribution >= 0.6 is 0 Å². The van der Waals surface area contributed by atoms with Gasteiger partial charge in [0.05, 0.1) is 5.57 Å². The number of nitrogens with one attached hydrogen (secondary N) is 1. The third-order valence-electron chi connectivity index (χ3n) is 4.90. The molecule has 0 atom stereocenters. The molecule has 1 fully saturated rings. The predicted molar refractivity (Wildman–Crippen MR) is 107 cm³/mol. The van der Waals surface area contributed by atoms with Gasteiger partial charge in [-0.1, -0.05) is 60.7 Å². The molecule has 0 bridgehead atoms. The molecule has 1 saturated heterocycles. The number of fused-ring (bicyclic) bond motifs is 1. The van der Waals surface area contributed by atoms with Crippen molar-refractivity contribution in [3.63, 3.8) is 0 Å². The zero-order chi connectivity index (χ0) is 17.8. The van der Waals surface area contributed by atoms with Crippen molar-refractivity contribution in [2.45, 2.75) is 0 Å². The van der Waals surface area contributed by atoms with Gasteiger partial charge in [0.15, 0.2) is 0 Å². The van der Waals surface area contributed by atoms with E-state index in [0.29, 0.717) is 0 Å². The van der Waals surface area contributed by atoms with E-state index in [1.165, 1.54) is 5.56 Å². The van der Waals surface area contributed by atoms with Crippen LogP contribution in [-0.2, 0) is 4.79 Å². The first-order valence-electron chi connectivity index (χ1n) is 9.10. The summed E-state index contributed by atoms with van der Waals surface area (Å²) < 4.78 is 0. The van der Waals surface area contributed by atoms with Crippen molar-refractivity contribution in [3.8, 4) is 0 Å². The van der Waals surface area contributed by atoms with E-state index in [2.05, 4.69) is 51.5 Å². The fraction of sp³-hybridized carbons (Fsp3) is 0.227. The number of hydrogen-bond donors (Lipinski definition) is 1. The van der Waals surface area contributed by atoms with E-state index in [0.717, 1.165) is 49.5 Å². The first kappa shape index (κ1) is 16.6. The normalized spacial score (nSPS) is 19.2. The van der Waals surface area contributed by atoms with E-state index in [9.17, 15) is 4.79 Å². The monoisotopic (exact) mass is 345 g/mol. The summed E-state index contributed by atoms with van der Waals surface area (Å²) in [7, 11) is 0. The van der Waals surface area contributed by atoms with Gasteiger partial charge in [-0.15, -0.1) is 0 Å². The molecule has 0 radical (unpaired) electrons. The molecule has 4 nitrogen and oxygen atoms in total. The summed E-state index contributed by atoms with van der Waals surface area (Å²) in [5.41, 5.74) is 3.93. The number of benzene rings is 2. The molecule has 1 amide bonds. The van der Waals surface area contributed by atoms with Gasteiger partial charge in [-0.3, -0.25) is 9.69 Å². The molecule has 2 heterocycles. The molecule has 2 aliphatic rings. The smallest absolute Gasteiger partial charge is 0.257 e. The molecule has 2 aromatic rings. The highest BCUT2D eigenvalue weighted by Crippen LogP contribution is 2.31. The Labute approximate surface area is 154 Å². The van der Waals surface area contributed by atoms with E-state index in [-0.39, 0.29) is 5.91 Å². The van der Waals surface area contributed by atoms with Gasteiger partial charge < -0.3 is 10.2 Å². The minimum absolute atomic E-state index is 0.000533. The number of hydrogen-bond acceptors (Lipinski definition) is 3. The number of piperazine rings is 1. The Morgan fingerprint density at radius 1 is 0.923 bits per heavy atom. The fourth-order valence-electron chi connectivity index (χ4n) is 3.43. The molecule has 26 heavy (non-hydrogen) atoms.